The summed E-state index contributed by atoms with van der Waals surface area (Å²) in [6, 6.07) is -0.837. The van der Waals surface area contributed by atoms with Crippen molar-refractivity contribution < 1.29 is 49.3 Å². The molecule has 7 atom stereocenters. The Balaban J connectivity index is 2.10. The van der Waals surface area contributed by atoms with Crippen LogP contribution >= 0.6 is 0 Å². The third-order valence-electron chi connectivity index (χ3n) is 15.1. The van der Waals surface area contributed by atoms with Crippen LogP contribution in [-0.2, 0) is 23.8 Å². The van der Waals surface area contributed by atoms with E-state index in [2.05, 4.69) is 67.8 Å². The van der Waals surface area contributed by atoms with E-state index < -0.39 is 49.5 Å². The molecule has 11 heteroatoms. The summed E-state index contributed by atoms with van der Waals surface area (Å²) in [6.07, 6.45) is 63.2. The molecule has 0 spiro atoms. The number of esters is 1. The van der Waals surface area contributed by atoms with Crippen LogP contribution in [-0.4, -0.2) is 100 Å². The van der Waals surface area contributed by atoms with E-state index in [1.165, 1.54) is 173 Å². The van der Waals surface area contributed by atoms with Crippen LogP contribution in [0.25, 0.3) is 0 Å². The molecule has 0 aromatic heterocycles. The minimum absolute atomic E-state index is 0.0157. The van der Waals surface area contributed by atoms with Crippen molar-refractivity contribution in [2.75, 3.05) is 19.8 Å². The third-order valence-corrected chi connectivity index (χ3v) is 15.1. The van der Waals surface area contributed by atoms with Crippen molar-refractivity contribution in [1.29, 1.82) is 0 Å². The van der Waals surface area contributed by atoms with Crippen LogP contribution in [0, 0.1) is 0 Å². The molecule has 454 valence electrons. The van der Waals surface area contributed by atoms with Crippen molar-refractivity contribution in [2.45, 2.75) is 333 Å². The Morgan fingerprint density at radius 3 is 1.37 bits per heavy atom. The molecule has 0 aliphatic carbocycles. The van der Waals surface area contributed by atoms with Gasteiger partial charge in [-0.3, -0.25) is 9.59 Å². The lowest BCUT2D eigenvalue weighted by molar-refractivity contribution is -0.302. The highest BCUT2D eigenvalue weighted by atomic mass is 16.7. The fourth-order valence-electron chi connectivity index (χ4n) is 9.89. The normalized spacial score (nSPS) is 18.9. The molecular formula is C67H121NO10. The van der Waals surface area contributed by atoms with Gasteiger partial charge in [0.2, 0.25) is 5.91 Å². The molecule has 0 aromatic rings. The van der Waals surface area contributed by atoms with Crippen molar-refractivity contribution in [3.63, 3.8) is 0 Å². The maximum atomic E-state index is 13.1. The lowest BCUT2D eigenvalue weighted by atomic mass is 9.99. The average molecular weight is 1100 g/mol. The van der Waals surface area contributed by atoms with E-state index in [4.69, 9.17) is 14.2 Å². The highest BCUT2D eigenvalue weighted by Gasteiger charge is 2.44. The van der Waals surface area contributed by atoms with E-state index in [1.807, 2.05) is 6.08 Å². The van der Waals surface area contributed by atoms with E-state index in [9.17, 15) is 35.1 Å². The number of nitrogens with one attached hydrogen (secondary N) is 1. The van der Waals surface area contributed by atoms with Gasteiger partial charge in [0.05, 0.1) is 32.0 Å². The van der Waals surface area contributed by atoms with Gasteiger partial charge in [-0.2, -0.15) is 0 Å². The predicted octanol–water partition coefficient (Wildman–Crippen LogP) is 15.8. The number of ether oxygens (including phenoxy) is 3. The second-order valence-electron chi connectivity index (χ2n) is 22.4. The quantitative estimate of drug-likeness (QED) is 0.0195. The Morgan fingerprint density at radius 2 is 0.872 bits per heavy atom. The molecule has 1 saturated heterocycles. The van der Waals surface area contributed by atoms with Gasteiger partial charge in [-0.25, -0.2) is 0 Å². The molecule has 1 rings (SSSR count). The highest BCUT2D eigenvalue weighted by Crippen LogP contribution is 2.23. The van der Waals surface area contributed by atoms with Gasteiger partial charge in [-0.15, -0.1) is 0 Å². The number of carbonyl (C=O) groups excluding carboxylic acids is 2. The highest BCUT2D eigenvalue weighted by molar-refractivity contribution is 5.76. The van der Waals surface area contributed by atoms with Crippen molar-refractivity contribution in [3.8, 4) is 0 Å². The molecule has 11 nitrogen and oxygen atoms in total. The Morgan fingerprint density at radius 1 is 0.474 bits per heavy atom. The van der Waals surface area contributed by atoms with Crippen LogP contribution in [0.1, 0.15) is 290 Å². The third kappa shape index (κ3) is 45.0. The number of aliphatic hydroxyl groups excluding tert-OH is 5. The lowest BCUT2D eigenvalue weighted by Gasteiger charge is -2.40. The fraction of sp³-hybridized carbons (Fsp3) is 0.821. The molecule has 1 aliphatic rings. The summed E-state index contributed by atoms with van der Waals surface area (Å²) in [4.78, 5) is 25.1. The van der Waals surface area contributed by atoms with E-state index in [1.54, 1.807) is 6.08 Å². The molecule has 78 heavy (non-hydrogen) atoms. The standard InChI is InChI=1S/C67H121NO10/c1-3-5-7-9-11-13-15-17-27-30-33-37-41-45-49-53-60(70)59(58-77-67-66(75)65(74)64(73)61(57-69)78-67)68-62(71)54-50-46-42-38-34-31-28-25-23-21-19-18-20-22-24-26-29-32-36-40-44-48-52-56-76-63(72)55-51-47-43-39-35-16-14-12-10-8-6-4-2/h12,14,18,20-21,23,33,37,49,53,59-61,64-67,69-70,73-75H,3-11,13,15-17,19,22,24-32,34-36,38-48,50-52,54-58H2,1-2H3,(H,68,71)/b14-12-,20-18-,23-21-,37-33+,53-49+. The number of aliphatic hydroxyl groups is 5. The van der Waals surface area contributed by atoms with Crippen molar-refractivity contribution >= 4 is 11.9 Å². The van der Waals surface area contributed by atoms with Crippen molar-refractivity contribution in [1.82, 2.24) is 5.32 Å². The largest absolute Gasteiger partial charge is 0.466 e. The molecule has 1 fully saturated rings. The fourth-order valence-corrected chi connectivity index (χ4v) is 9.89. The molecule has 7 unspecified atom stereocenters. The topological polar surface area (TPSA) is 175 Å². The molecule has 0 bridgehead atoms. The zero-order valence-corrected chi connectivity index (χ0v) is 50.1. The van der Waals surface area contributed by atoms with Gasteiger partial charge in [-0.1, -0.05) is 235 Å². The number of allylic oxidation sites excluding steroid dienone is 9. The molecular weight excluding hydrogens is 979 g/mol. The van der Waals surface area contributed by atoms with Gasteiger partial charge < -0.3 is 45.1 Å². The number of hydrogen-bond acceptors (Lipinski definition) is 10. The van der Waals surface area contributed by atoms with Gasteiger partial charge in [-0.05, 0) is 103 Å². The molecule has 1 heterocycles. The van der Waals surface area contributed by atoms with E-state index in [0.717, 1.165) is 89.9 Å². The second kappa shape index (κ2) is 56.2. The Kier molecular flexibility index (Phi) is 52.9. The number of unbranched alkanes of at least 4 members (excludes halogenated alkanes) is 34. The summed E-state index contributed by atoms with van der Waals surface area (Å²) in [5.74, 6) is -0.218. The summed E-state index contributed by atoms with van der Waals surface area (Å²) in [7, 11) is 0. The Labute approximate surface area is 478 Å². The molecule has 1 amide bonds. The maximum Gasteiger partial charge on any atom is 0.305 e. The van der Waals surface area contributed by atoms with Crippen LogP contribution in [0.2, 0.25) is 0 Å². The molecule has 0 saturated carbocycles. The average Bonchev–Trinajstić information content (AvgIpc) is 3.45. The van der Waals surface area contributed by atoms with E-state index >= 15 is 0 Å². The lowest BCUT2D eigenvalue weighted by Crippen LogP contribution is -2.60. The van der Waals surface area contributed by atoms with Crippen molar-refractivity contribution in [2.24, 2.45) is 0 Å². The predicted molar refractivity (Wildman–Crippen MR) is 324 cm³/mol. The van der Waals surface area contributed by atoms with Gasteiger partial charge in [0, 0.05) is 12.8 Å². The number of hydrogen-bond donors (Lipinski definition) is 6. The first kappa shape index (κ1) is 73.4. The zero-order chi connectivity index (χ0) is 56.6. The van der Waals surface area contributed by atoms with E-state index in [-0.39, 0.29) is 18.5 Å². The van der Waals surface area contributed by atoms with Crippen LogP contribution in [0.3, 0.4) is 0 Å². The van der Waals surface area contributed by atoms with E-state index in [0.29, 0.717) is 19.4 Å². The molecule has 0 radical (unpaired) electrons. The van der Waals surface area contributed by atoms with Gasteiger partial charge >= 0.3 is 5.97 Å². The minimum Gasteiger partial charge on any atom is -0.466 e. The van der Waals surface area contributed by atoms with Gasteiger partial charge in [0.25, 0.3) is 0 Å². The summed E-state index contributed by atoms with van der Waals surface area (Å²) in [5.41, 5.74) is 0. The first-order valence-corrected chi connectivity index (χ1v) is 32.6. The summed E-state index contributed by atoms with van der Waals surface area (Å²) < 4.78 is 16.7. The van der Waals surface area contributed by atoms with Gasteiger partial charge in [0.1, 0.15) is 24.4 Å². The first-order chi connectivity index (χ1) is 38.2. The Bertz CT molecular complexity index is 1480. The Hall–Kier alpha value is -2.64. The van der Waals surface area contributed by atoms with Crippen molar-refractivity contribution in [3.05, 3.63) is 60.8 Å². The van der Waals surface area contributed by atoms with Crippen LogP contribution in [0.15, 0.2) is 60.8 Å². The number of rotatable bonds is 56. The number of carbonyl (C=O) groups is 2. The molecule has 0 aromatic carbocycles. The smallest absolute Gasteiger partial charge is 0.305 e. The van der Waals surface area contributed by atoms with Gasteiger partial charge in [0.15, 0.2) is 6.29 Å². The second-order valence-corrected chi connectivity index (χ2v) is 22.4. The summed E-state index contributed by atoms with van der Waals surface area (Å²) >= 11 is 0. The minimum atomic E-state index is -1.58. The van der Waals surface area contributed by atoms with Crippen LogP contribution in [0.4, 0.5) is 0 Å². The van der Waals surface area contributed by atoms with Crippen LogP contribution < -0.4 is 5.32 Å². The SMILES string of the molecule is CCCCC/C=C\CCCCCCCC(=O)OCCCCCCCCCCC/C=C\C/C=C\CCCCCCCCCC(=O)NC(COC1OC(CO)C(O)C(O)C1O)C(O)/C=C/CC/C=C/CCCCCCCCCCC. The number of amides is 1. The van der Waals surface area contributed by atoms with Crippen LogP contribution in [0.5, 0.6) is 0 Å². The molecule has 6 N–H and O–H groups in total. The maximum absolute atomic E-state index is 13.1. The zero-order valence-electron chi connectivity index (χ0n) is 50.1. The summed E-state index contributed by atoms with van der Waals surface area (Å²) in [6.45, 7) is 4.29. The summed E-state index contributed by atoms with van der Waals surface area (Å²) in [5, 5.41) is 54.5. The molecule has 1 aliphatic heterocycles. The monoisotopic (exact) mass is 1100 g/mol. The first-order valence-electron chi connectivity index (χ1n) is 32.6.